The van der Waals surface area contributed by atoms with Gasteiger partial charge in [0.15, 0.2) is 5.78 Å². The van der Waals surface area contributed by atoms with Gasteiger partial charge in [0.2, 0.25) is 0 Å². The van der Waals surface area contributed by atoms with Crippen molar-refractivity contribution in [2.75, 3.05) is 13.1 Å². The highest BCUT2D eigenvalue weighted by molar-refractivity contribution is 9.10. The number of benzene rings is 3. The highest BCUT2D eigenvalue weighted by Gasteiger charge is 2.48. The molecule has 1 spiro atoms. The van der Waals surface area contributed by atoms with Gasteiger partial charge in [0.25, 0.3) is 0 Å². The van der Waals surface area contributed by atoms with E-state index in [0.29, 0.717) is 17.5 Å². The van der Waals surface area contributed by atoms with E-state index in [1.807, 2.05) is 48.8 Å². The second-order valence-electron chi connectivity index (χ2n) is 10.3. The number of ether oxygens (including phenoxy) is 1. The molecule has 4 aromatic rings. The van der Waals surface area contributed by atoms with Crippen LogP contribution in [0.2, 0.25) is 0 Å². The summed E-state index contributed by atoms with van der Waals surface area (Å²) in [6.07, 6.45) is 6.05. The summed E-state index contributed by atoms with van der Waals surface area (Å²) in [5.41, 5.74) is 3.85. The number of carbonyl (C=O) groups excluding carboxylic acids is 2. The Morgan fingerprint density at radius 1 is 1.00 bits per heavy atom. The van der Waals surface area contributed by atoms with Crippen LogP contribution < -0.4 is 5.32 Å². The summed E-state index contributed by atoms with van der Waals surface area (Å²) in [7, 11) is 0. The third kappa shape index (κ3) is 3.31. The quantitative estimate of drug-likeness (QED) is 0.242. The van der Waals surface area contributed by atoms with Gasteiger partial charge in [-0.2, -0.15) is 0 Å². The highest BCUT2D eigenvalue weighted by atomic mass is 79.9. The number of hydrogen-bond donors (Lipinski definition) is 1. The zero-order chi connectivity index (χ0) is 25.9. The van der Waals surface area contributed by atoms with Gasteiger partial charge in [0.1, 0.15) is 11.4 Å². The van der Waals surface area contributed by atoms with Gasteiger partial charge in [0, 0.05) is 52.8 Å². The molecule has 1 aromatic heterocycles. The number of esters is 1. The monoisotopic (exact) mass is 567 g/mol. The van der Waals surface area contributed by atoms with Gasteiger partial charge in [-0.3, -0.25) is 4.79 Å². The molecule has 0 saturated carbocycles. The van der Waals surface area contributed by atoms with Gasteiger partial charge in [-0.15, -0.1) is 0 Å². The summed E-state index contributed by atoms with van der Waals surface area (Å²) in [6, 6.07) is 22.2. The lowest BCUT2D eigenvalue weighted by Gasteiger charge is -2.34. The van der Waals surface area contributed by atoms with Crippen LogP contribution in [-0.4, -0.2) is 34.4 Å². The maximum atomic E-state index is 13.9. The van der Waals surface area contributed by atoms with E-state index in [4.69, 9.17) is 4.74 Å². The van der Waals surface area contributed by atoms with Crippen LogP contribution in [0.5, 0.6) is 0 Å². The van der Waals surface area contributed by atoms with Crippen LogP contribution in [0.4, 0.5) is 0 Å². The Hall–Kier alpha value is -3.55. The molecule has 0 aliphatic carbocycles. The van der Waals surface area contributed by atoms with Crippen LogP contribution in [0.25, 0.3) is 11.4 Å². The van der Waals surface area contributed by atoms with Crippen molar-refractivity contribution in [2.45, 2.75) is 36.8 Å². The van der Waals surface area contributed by atoms with E-state index >= 15 is 0 Å². The molecule has 1 N–H and O–H groups in total. The Labute approximate surface area is 229 Å². The lowest BCUT2D eigenvalue weighted by molar-refractivity contribution is -0.0242. The third-order valence-electron chi connectivity index (χ3n) is 8.46. The predicted octanol–water partition coefficient (Wildman–Crippen LogP) is 5.83. The van der Waals surface area contributed by atoms with E-state index in [0.717, 1.165) is 58.5 Å². The maximum absolute atomic E-state index is 13.9. The molecule has 3 aliphatic heterocycles. The number of hydrogen-bond acceptors (Lipinski definition) is 5. The standard InChI is InChI=1S/C31H26BrN3O3/c32-21-10-8-20(9-11-21)31(24-6-2-1-4-22(24)28-34-18-19-35(28)31)13-12-26(36)23-5-3-7-25-27(23)29(37)38-30(25)14-16-33-17-15-30/h1-11,18-19,33H,12-17H2/t31-/m1/s1. The van der Waals surface area contributed by atoms with Crippen molar-refractivity contribution in [2.24, 2.45) is 0 Å². The van der Waals surface area contributed by atoms with E-state index < -0.39 is 11.1 Å². The number of rotatable bonds is 5. The van der Waals surface area contributed by atoms with Gasteiger partial charge in [-0.05, 0) is 42.8 Å². The minimum absolute atomic E-state index is 0.0488. The molecule has 0 unspecified atom stereocenters. The average Bonchev–Trinajstić information content (AvgIpc) is 3.61. The molecule has 7 rings (SSSR count). The number of ketones is 1. The van der Waals surface area contributed by atoms with Crippen molar-refractivity contribution >= 4 is 27.7 Å². The maximum Gasteiger partial charge on any atom is 0.340 e. The van der Waals surface area contributed by atoms with E-state index in [2.05, 4.69) is 55.1 Å². The number of halogens is 1. The summed E-state index contributed by atoms with van der Waals surface area (Å²) < 4.78 is 9.16. The molecule has 0 bridgehead atoms. The molecule has 1 fully saturated rings. The van der Waals surface area contributed by atoms with Crippen molar-refractivity contribution in [1.29, 1.82) is 0 Å². The summed E-state index contributed by atoms with van der Waals surface area (Å²) in [5.74, 6) is 0.469. The first kappa shape index (κ1) is 23.6. The highest BCUT2D eigenvalue weighted by Crippen LogP contribution is 2.50. The minimum atomic E-state index is -0.622. The van der Waals surface area contributed by atoms with E-state index in [1.54, 1.807) is 6.07 Å². The fourth-order valence-electron chi connectivity index (χ4n) is 6.70. The predicted molar refractivity (Wildman–Crippen MR) is 147 cm³/mol. The lowest BCUT2D eigenvalue weighted by atomic mass is 9.78. The number of Topliss-reactive ketones (excluding diaryl/α,β-unsaturated/α-hetero) is 1. The van der Waals surface area contributed by atoms with E-state index in [1.165, 1.54) is 0 Å². The van der Waals surface area contributed by atoms with Gasteiger partial charge >= 0.3 is 5.97 Å². The Morgan fingerprint density at radius 2 is 1.76 bits per heavy atom. The minimum Gasteiger partial charge on any atom is -0.450 e. The van der Waals surface area contributed by atoms with E-state index in [9.17, 15) is 9.59 Å². The second-order valence-corrected chi connectivity index (χ2v) is 11.2. The molecule has 6 nitrogen and oxygen atoms in total. The molecule has 0 amide bonds. The van der Waals surface area contributed by atoms with Crippen molar-refractivity contribution < 1.29 is 14.3 Å². The topological polar surface area (TPSA) is 73.2 Å². The molecule has 0 radical (unpaired) electrons. The Bertz CT molecular complexity index is 1590. The summed E-state index contributed by atoms with van der Waals surface area (Å²) in [4.78, 5) is 31.7. The number of aromatic nitrogens is 2. The summed E-state index contributed by atoms with van der Waals surface area (Å²) in [6.45, 7) is 1.57. The molecular formula is C31H26BrN3O3. The molecule has 4 heterocycles. The first-order valence-electron chi connectivity index (χ1n) is 13.0. The number of imidazole rings is 1. The third-order valence-corrected chi connectivity index (χ3v) is 8.99. The Kier molecular flexibility index (Phi) is 5.42. The average molecular weight is 568 g/mol. The first-order valence-corrected chi connectivity index (χ1v) is 13.8. The molecule has 3 aromatic carbocycles. The van der Waals surface area contributed by atoms with Crippen molar-refractivity contribution in [3.8, 4) is 11.4 Å². The van der Waals surface area contributed by atoms with Crippen LogP contribution in [0, 0.1) is 0 Å². The van der Waals surface area contributed by atoms with Crippen molar-refractivity contribution in [1.82, 2.24) is 14.9 Å². The van der Waals surface area contributed by atoms with Crippen LogP contribution in [0.1, 0.15) is 63.1 Å². The number of piperidine rings is 1. The SMILES string of the molecule is O=C(CC[C@@]1(c2ccc(Br)cc2)c2ccccc2-c2nccn21)c1cccc2c1C(=O)OC21CCNCC1. The number of nitrogens with zero attached hydrogens (tertiary/aromatic N) is 2. The van der Waals surface area contributed by atoms with Crippen molar-refractivity contribution in [3.05, 3.63) is 111 Å². The molecule has 190 valence electrons. The van der Waals surface area contributed by atoms with Crippen LogP contribution in [0.15, 0.2) is 83.6 Å². The molecule has 7 heteroatoms. The van der Waals surface area contributed by atoms with Crippen LogP contribution in [0.3, 0.4) is 0 Å². The molecular weight excluding hydrogens is 542 g/mol. The number of nitrogens with one attached hydrogen (secondary N) is 1. The number of fused-ring (bicyclic) bond motifs is 5. The fraction of sp³-hybridized carbons (Fsp3) is 0.258. The Morgan fingerprint density at radius 3 is 2.58 bits per heavy atom. The number of carbonyl (C=O) groups is 2. The van der Waals surface area contributed by atoms with Gasteiger partial charge in [0.05, 0.1) is 11.1 Å². The second kappa shape index (κ2) is 8.75. The van der Waals surface area contributed by atoms with Gasteiger partial charge in [-0.1, -0.05) is 70.5 Å². The van der Waals surface area contributed by atoms with Gasteiger partial charge in [-0.25, -0.2) is 9.78 Å². The van der Waals surface area contributed by atoms with Gasteiger partial charge < -0.3 is 14.6 Å². The summed E-state index contributed by atoms with van der Waals surface area (Å²) >= 11 is 3.56. The smallest absolute Gasteiger partial charge is 0.340 e. The lowest BCUT2D eigenvalue weighted by Crippen LogP contribution is -2.39. The normalized spacial score (nSPS) is 20.6. The molecule has 1 saturated heterocycles. The van der Waals surface area contributed by atoms with Crippen molar-refractivity contribution in [3.63, 3.8) is 0 Å². The summed E-state index contributed by atoms with van der Waals surface area (Å²) in [5, 5.41) is 3.34. The largest absolute Gasteiger partial charge is 0.450 e. The molecule has 38 heavy (non-hydrogen) atoms. The zero-order valence-electron chi connectivity index (χ0n) is 20.7. The zero-order valence-corrected chi connectivity index (χ0v) is 22.3. The fourth-order valence-corrected chi connectivity index (χ4v) is 6.96. The first-order chi connectivity index (χ1) is 18.5. The van der Waals surface area contributed by atoms with Crippen LogP contribution in [-0.2, 0) is 15.9 Å². The van der Waals surface area contributed by atoms with E-state index in [-0.39, 0.29) is 18.2 Å². The van der Waals surface area contributed by atoms with Crippen LogP contribution >= 0.6 is 15.9 Å². The Balaban J connectivity index is 1.29. The molecule has 1 atom stereocenters. The molecule has 3 aliphatic rings.